The maximum absolute atomic E-state index is 12.4. The fraction of sp³-hybridized carbons (Fsp3) is 0.400. The quantitative estimate of drug-likeness (QED) is 0.672. The number of imidazole rings is 1. The summed E-state index contributed by atoms with van der Waals surface area (Å²) in [5.74, 6) is 0.519. The third kappa shape index (κ3) is 2.71. The molecule has 0 radical (unpaired) electrons. The number of hydrogen-bond donors (Lipinski definition) is 3. The van der Waals surface area contributed by atoms with Crippen LogP contribution < -0.4 is 11.4 Å². The van der Waals surface area contributed by atoms with Crippen molar-refractivity contribution in [3.8, 4) is 0 Å². The average Bonchev–Trinajstić information content (AvgIpc) is 2.88. The number of nitrogens with two attached hydrogens (primary N) is 1. The topological polar surface area (TPSA) is 132 Å². The fourth-order valence-electron chi connectivity index (χ4n) is 3.13. The van der Waals surface area contributed by atoms with Gasteiger partial charge >= 0.3 is 5.69 Å². The molecular weight excluding hydrogens is 364 g/mol. The Bertz CT molecular complexity index is 992. The van der Waals surface area contributed by atoms with E-state index >= 15 is 0 Å². The molecule has 2 aromatic rings. The average molecular weight is 383 g/mol. The van der Waals surface area contributed by atoms with E-state index in [9.17, 15) is 10.0 Å². The van der Waals surface area contributed by atoms with Crippen LogP contribution in [-0.2, 0) is 16.0 Å². The van der Waals surface area contributed by atoms with Crippen molar-refractivity contribution >= 4 is 28.7 Å². The molecular formula is C15H19ClN6O4. The van der Waals surface area contributed by atoms with Crippen molar-refractivity contribution in [1.82, 2.24) is 24.6 Å². The minimum absolute atomic E-state index is 0.00600. The molecule has 0 amide bonds. The van der Waals surface area contributed by atoms with Gasteiger partial charge in [-0.1, -0.05) is 11.6 Å². The van der Waals surface area contributed by atoms with Crippen LogP contribution in [0.4, 0.5) is 5.95 Å². The summed E-state index contributed by atoms with van der Waals surface area (Å²) in [5.41, 5.74) is 7.47. The van der Waals surface area contributed by atoms with Gasteiger partial charge in [-0.25, -0.2) is 9.86 Å². The summed E-state index contributed by atoms with van der Waals surface area (Å²) < 4.78 is 12.1. The van der Waals surface area contributed by atoms with E-state index in [-0.39, 0.29) is 28.8 Å². The zero-order valence-electron chi connectivity index (χ0n) is 14.7. The molecule has 4 N–H and O–H groups in total. The normalized spacial score (nSPS) is 18.2. The van der Waals surface area contributed by atoms with Crippen LogP contribution in [0.2, 0.25) is 5.15 Å². The van der Waals surface area contributed by atoms with Crippen LogP contribution in [0.25, 0.3) is 11.2 Å². The summed E-state index contributed by atoms with van der Waals surface area (Å²) in [7, 11) is 3.00. The maximum atomic E-state index is 12.4. The van der Waals surface area contributed by atoms with Crippen LogP contribution in [0.5, 0.6) is 0 Å². The van der Waals surface area contributed by atoms with Crippen LogP contribution >= 0.6 is 11.6 Å². The van der Waals surface area contributed by atoms with Crippen LogP contribution in [0.1, 0.15) is 13.8 Å². The highest BCUT2D eigenvalue weighted by Crippen LogP contribution is 2.32. The Labute approximate surface area is 153 Å². The molecule has 26 heavy (non-hydrogen) atoms. The molecule has 0 aliphatic carbocycles. The first kappa shape index (κ1) is 18.2. The van der Waals surface area contributed by atoms with Crippen molar-refractivity contribution in [2.45, 2.75) is 26.6 Å². The number of nitrogens with zero attached hydrogens (tertiary/aromatic N) is 4. The van der Waals surface area contributed by atoms with Gasteiger partial charge < -0.3 is 20.2 Å². The van der Waals surface area contributed by atoms with Crippen molar-refractivity contribution in [1.29, 1.82) is 0 Å². The van der Waals surface area contributed by atoms with E-state index < -0.39 is 11.9 Å². The monoisotopic (exact) mass is 382 g/mol. The minimum atomic E-state index is -0.743. The summed E-state index contributed by atoms with van der Waals surface area (Å²) in [4.78, 5) is 22.9. The zero-order valence-corrected chi connectivity index (χ0v) is 15.5. The molecule has 0 saturated heterocycles. The van der Waals surface area contributed by atoms with Crippen molar-refractivity contribution in [2.24, 2.45) is 0 Å². The molecule has 0 aromatic carbocycles. The lowest BCUT2D eigenvalue weighted by molar-refractivity contribution is -0.172. The van der Waals surface area contributed by atoms with Gasteiger partial charge in [0, 0.05) is 18.3 Å². The molecule has 140 valence electrons. The number of halogens is 1. The summed E-state index contributed by atoms with van der Waals surface area (Å²) in [6.07, 6.45) is -0.743. The molecule has 1 atom stereocenters. The minimum Gasteiger partial charge on any atom is -0.496 e. The third-order valence-corrected chi connectivity index (χ3v) is 4.61. The SMILES string of the molecule is COC1=C(C)C(OC)N(O)C(Cn2c(=O)[nH]c3c(Cl)nc(N)nc32)=C1C. The van der Waals surface area contributed by atoms with Crippen molar-refractivity contribution < 1.29 is 14.7 Å². The molecule has 2 aromatic heterocycles. The smallest absolute Gasteiger partial charge is 0.328 e. The van der Waals surface area contributed by atoms with E-state index in [1.54, 1.807) is 13.8 Å². The molecule has 1 unspecified atom stereocenters. The number of hydrogen-bond acceptors (Lipinski definition) is 8. The highest BCUT2D eigenvalue weighted by Gasteiger charge is 2.32. The van der Waals surface area contributed by atoms with E-state index in [2.05, 4.69) is 15.0 Å². The molecule has 1 aliphatic rings. The van der Waals surface area contributed by atoms with Crippen molar-refractivity contribution in [2.75, 3.05) is 20.0 Å². The van der Waals surface area contributed by atoms with E-state index in [4.69, 9.17) is 26.8 Å². The van der Waals surface area contributed by atoms with Gasteiger partial charge in [-0.3, -0.25) is 9.77 Å². The third-order valence-electron chi connectivity index (χ3n) is 4.33. The second-order valence-electron chi connectivity index (χ2n) is 5.81. The number of aromatic nitrogens is 4. The van der Waals surface area contributed by atoms with Crippen LogP contribution in [0, 0.1) is 0 Å². The summed E-state index contributed by atoms with van der Waals surface area (Å²) in [6, 6.07) is 0. The van der Waals surface area contributed by atoms with Gasteiger partial charge in [-0.2, -0.15) is 9.97 Å². The second kappa shape index (κ2) is 6.63. The van der Waals surface area contributed by atoms with E-state index in [1.165, 1.54) is 18.8 Å². The summed E-state index contributed by atoms with van der Waals surface area (Å²) in [6.45, 7) is 3.57. The van der Waals surface area contributed by atoms with Gasteiger partial charge in [0.2, 0.25) is 5.95 Å². The highest BCUT2D eigenvalue weighted by molar-refractivity contribution is 6.33. The molecule has 3 rings (SSSR count). The number of nitrogen functional groups attached to an aromatic ring is 1. The number of anilines is 1. The van der Waals surface area contributed by atoms with Crippen LogP contribution in [0.3, 0.4) is 0 Å². The predicted octanol–water partition coefficient (Wildman–Crippen LogP) is 1.23. The molecule has 0 fully saturated rings. The predicted molar refractivity (Wildman–Crippen MR) is 94.4 cm³/mol. The van der Waals surface area contributed by atoms with Crippen molar-refractivity contribution in [3.63, 3.8) is 0 Å². The van der Waals surface area contributed by atoms with Gasteiger partial charge in [0.25, 0.3) is 0 Å². The standard InChI is InChI=1S/C15H19ClN6O4/c1-6-8(22(24)13(26-4)7(2)10(6)25-3)5-21-12-9(18-15(21)23)11(16)19-14(17)20-12/h13,24H,5H2,1-4H3,(H,18,23)(H2,17,19,20). The number of fused-ring (bicyclic) bond motifs is 1. The Kier molecular flexibility index (Phi) is 4.65. The second-order valence-corrected chi connectivity index (χ2v) is 6.17. The zero-order chi connectivity index (χ0) is 19.2. The lowest BCUT2D eigenvalue weighted by Crippen LogP contribution is -2.40. The number of rotatable bonds is 4. The number of allylic oxidation sites excluding steroid dienone is 2. The first-order valence-corrected chi connectivity index (χ1v) is 8.05. The van der Waals surface area contributed by atoms with E-state index in [0.29, 0.717) is 22.6 Å². The number of nitrogens with one attached hydrogen (secondary N) is 1. The summed E-state index contributed by atoms with van der Waals surface area (Å²) in [5, 5.41) is 11.6. The molecule has 0 bridgehead atoms. The number of methoxy groups -OCH3 is 2. The Hall–Kier alpha value is -2.56. The van der Waals surface area contributed by atoms with Gasteiger partial charge in [-0.05, 0) is 13.8 Å². The number of hydroxylamine groups is 2. The van der Waals surface area contributed by atoms with E-state index in [1.807, 2.05) is 0 Å². The Morgan fingerprint density at radius 1 is 1.35 bits per heavy atom. The van der Waals surface area contributed by atoms with Gasteiger partial charge in [0.15, 0.2) is 17.0 Å². The fourth-order valence-corrected chi connectivity index (χ4v) is 3.34. The van der Waals surface area contributed by atoms with Crippen LogP contribution in [-0.4, -0.2) is 50.2 Å². The highest BCUT2D eigenvalue weighted by atomic mass is 35.5. The van der Waals surface area contributed by atoms with Gasteiger partial charge in [-0.15, -0.1) is 0 Å². The number of ether oxygens (including phenoxy) is 2. The summed E-state index contributed by atoms with van der Waals surface area (Å²) >= 11 is 6.02. The Balaban J connectivity index is 2.16. The maximum Gasteiger partial charge on any atom is 0.328 e. The number of H-pyrrole nitrogens is 1. The molecule has 3 heterocycles. The Morgan fingerprint density at radius 2 is 2.04 bits per heavy atom. The molecule has 0 spiro atoms. The van der Waals surface area contributed by atoms with Crippen LogP contribution in [0.15, 0.2) is 27.4 Å². The first-order chi connectivity index (χ1) is 12.3. The number of aromatic amines is 1. The largest absolute Gasteiger partial charge is 0.496 e. The van der Waals surface area contributed by atoms with E-state index in [0.717, 1.165) is 5.06 Å². The van der Waals surface area contributed by atoms with Gasteiger partial charge in [0.1, 0.15) is 11.3 Å². The van der Waals surface area contributed by atoms with Crippen molar-refractivity contribution in [3.05, 3.63) is 38.2 Å². The lowest BCUT2D eigenvalue weighted by Gasteiger charge is -2.35. The molecule has 11 heteroatoms. The lowest BCUT2D eigenvalue weighted by atomic mass is 10.0. The first-order valence-electron chi connectivity index (χ1n) is 7.67. The molecule has 10 nitrogen and oxygen atoms in total. The van der Waals surface area contributed by atoms with Gasteiger partial charge in [0.05, 0.1) is 19.4 Å². The molecule has 0 saturated carbocycles. The molecule has 1 aliphatic heterocycles. The Morgan fingerprint density at radius 3 is 2.65 bits per heavy atom.